The van der Waals surface area contributed by atoms with Gasteiger partial charge < -0.3 is 5.32 Å². The Hall–Kier alpha value is -0.410. The molecule has 0 bridgehead atoms. The number of nitrogens with zero attached hydrogens (tertiary/aromatic N) is 1. The molecule has 0 spiro atoms. The lowest BCUT2D eigenvalue weighted by Gasteiger charge is -2.13. The molecule has 1 aromatic rings. The van der Waals surface area contributed by atoms with Crippen molar-refractivity contribution in [3.05, 3.63) is 16.1 Å². The van der Waals surface area contributed by atoms with Gasteiger partial charge in [-0.1, -0.05) is 20.8 Å². The summed E-state index contributed by atoms with van der Waals surface area (Å²) in [7, 11) is 0. The molecule has 0 amide bonds. The Morgan fingerprint density at radius 3 is 2.62 bits per heavy atom. The first-order chi connectivity index (χ1) is 7.58. The van der Waals surface area contributed by atoms with E-state index in [1.54, 1.807) is 11.3 Å². The van der Waals surface area contributed by atoms with Crippen molar-refractivity contribution in [2.24, 2.45) is 11.8 Å². The molecular weight excluding hydrogens is 216 g/mol. The van der Waals surface area contributed by atoms with Gasteiger partial charge in [0, 0.05) is 5.38 Å². The number of nitrogens with one attached hydrogen (secondary N) is 1. The van der Waals surface area contributed by atoms with E-state index < -0.39 is 0 Å². The highest BCUT2D eigenvalue weighted by Gasteiger charge is 2.04. The molecule has 0 saturated heterocycles. The second-order valence-electron chi connectivity index (χ2n) is 5.05. The molecule has 16 heavy (non-hydrogen) atoms. The first-order valence-corrected chi connectivity index (χ1v) is 7.07. The van der Waals surface area contributed by atoms with Gasteiger partial charge in [0.05, 0.1) is 10.7 Å². The quantitative estimate of drug-likeness (QED) is 0.791. The molecule has 0 aliphatic carbocycles. The van der Waals surface area contributed by atoms with Crippen molar-refractivity contribution in [1.82, 2.24) is 10.3 Å². The van der Waals surface area contributed by atoms with Crippen LogP contribution >= 0.6 is 11.3 Å². The van der Waals surface area contributed by atoms with Crippen LogP contribution in [0.25, 0.3) is 0 Å². The van der Waals surface area contributed by atoms with Gasteiger partial charge in [0.15, 0.2) is 0 Å². The smallest absolute Gasteiger partial charge is 0.0897 e. The molecule has 0 saturated carbocycles. The Morgan fingerprint density at radius 2 is 2.06 bits per heavy atom. The van der Waals surface area contributed by atoms with Crippen molar-refractivity contribution in [3.63, 3.8) is 0 Å². The zero-order chi connectivity index (χ0) is 12.0. The van der Waals surface area contributed by atoms with Crippen molar-refractivity contribution in [2.75, 3.05) is 13.1 Å². The van der Waals surface area contributed by atoms with Crippen LogP contribution in [0.15, 0.2) is 5.38 Å². The SMILES string of the molecule is Cc1nc(CCC(C)CNCC(C)C)cs1. The molecule has 0 radical (unpaired) electrons. The summed E-state index contributed by atoms with van der Waals surface area (Å²) in [6, 6.07) is 0. The van der Waals surface area contributed by atoms with Crippen LogP contribution in [0.2, 0.25) is 0 Å². The third kappa shape index (κ3) is 5.61. The molecular formula is C13H24N2S. The minimum absolute atomic E-state index is 0.737. The first kappa shape index (κ1) is 13.7. The fourth-order valence-corrected chi connectivity index (χ4v) is 2.28. The lowest BCUT2D eigenvalue weighted by molar-refractivity contribution is 0.453. The summed E-state index contributed by atoms with van der Waals surface area (Å²) in [6.07, 6.45) is 2.35. The summed E-state index contributed by atoms with van der Waals surface area (Å²) in [4.78, 5) is 4.49. The minimum Gasteiger partial charge on any atom is -0.316 e. The van der Waals surface area contributed by atoms with E-state index in [4.69, 9.17) is 0 Å². The van der Waals surface area contributed by atoms with Crippen LogP contribution in [-0.2, 0) is 6.42 Å². The van der Waals surface area contributed by atoms with Crippen molar-refractivity contribution < 1.29 is 0 Å². The highest BCUT2D eigenvalue weighted by Crippen LogP contribution is 2.12. The summed E-state index contributed by atoms with van der Waals surface area (Å²) in [5, 5.41) is 6.87. The van der Waals surface area contributed by atoms with E-state index in [1.807, 2.05) is 0 Å². The molecule has 0 aromatic carbocycles. The molecule has 1 rings (SSSR count). The van der Waals surface area contributed by atoms with Crippen LogP contribution in [-0.4, -0.2) is 18.1 Å². The standard InChI is InChI=1S/C13H24N2S/c1-10(2)7-14-8-11(3)5-6-13-9-16-12(4)15-13/h9-11,14H,5-8H2,1-4H3. The largest absolute Gasteiger partial charge is 0.316 e. The second kappa shape index (κ2) is 7.02. The van der Waals surface area contributed by atoms with Gasteiger partial charge in [0.1, 0.15) is 0 Å². The number of thiazole rings is 1. The first-order valence-electron chi connectivity index (χ1n) is 6.19. The molecule has 1 unspecified atom stereocenters. The Balaban J connectivity index is 2.12. The average Bonchev–Trinajstić information content (AvgIpc) is 2.61. The highest BCUT2D eigenvalue weighted by molar-refractivity contribution is 7.09. The molecule has 3 heteroatoms. The second-order valence-corrected chi connectivity index (χ2v) is 6.12. The molecule has 1 aromatic heterocycles. The Labute approximate surface area is 103 Å². The maximum absolute atomic E-state index is 4.49. The molecule has 1 atom stereocenters. The van der Waals surface area contributed by atoms with E-state index in [0.29, 0.717) is 0 Å². The van der Waals surface area contributed by atoms with E-state index in [1.165, 1.54) is 17.1 Å². The maximum atomic E-state index is 4.49. The van der Waals surface area contributed by atoms with Crippen LogP contribution < -0.4 is 5.32 Å². The number of aryl methyl sites for hydroxylation is 2. The van der Waals surface area contributed by atoms with Crippen LogP contribution in [0.3, 0.4) is 0 Å². The highest BCUT2D eigenvalue weighted by atomic mass is 32.1. The maximum Gasteiger partial charge on any atom is 0.0897 e. The molecule has 2 nitrogen and oxygen atoms in total. The van der Waals surface area contributed by atoms with Crippen molar-refractivity contribution >= 4 is 11.3 Å². The fourth-order valence-electron chi connectivity index (χ4n) is 1.64. The zero-order valence-electron chi connectivity index (χ0n) is 10.9. The summed E-state index contributed by atoms with van der Waals surface area (Å²) in [6.45, 7) is 11.1. The number of hydrogen-bond acceptors (Lipinski definition) is 3. The summed E-state index contributed by atoms with van der Waals surface area (Å²) in [5.41, 5.74) is 1.26. The Kier molecular flexibility index (Phi) is 5.99. The van der Waals surface area contributed by atoms with Crippen molar-refractivity contribution in [3.8, 4) is 0 Å². The van der Waals surface area contributed by atoms with Crippen molar-refractivity contribution in [2.45, 2.75) is 40.5 Å². The van der Waals surface area contributed by atoms with E-state index in [0.717, 1.165) is 31.3 Å². The molecule has 1 N–H and O–H groups in total. The topological polar surface area (TPSA) is 24.9 Å². The lowest BCUT2D eigenvalue weighted by atomic mass is 10.0. The Bertz CT molecular complexity index is 294. The lowest BCUT2D eigenvalue weighted by Crippen LogP contribution is -2.25. The van der Waals surface area contributed by atoms with Gasteiger partial charge in [-0.3, -0.25) is 0 Å². The monoisotopic (exact) mass is 240 g/mol. The molecule has 0 aliphatic rings. The van der Waals surface area contributed by atoms with E-state index in [-0.39, 0.29) is 0 Å². The van der Waals surface area contributed by atoms with Crippen molar-refractivity contribution in [1.29, 1.82) is 0 Å². The fraction of sp³-hybridized carbons (Fsp3) is 0.769. The van der Waals surface area contributed by atoms with Gasteiger partial charge in [-0.05, 0) is 44.7 Å². The predicted molar refractivity (Wildman–Crippen MR) is 72.0 cm³/mol. The van der Waals surface area contributed by atoms with Gasteiger partial charge in [0.25, 0.3) is 0 Å². The van der Waals surface area contributed by atoms with Gasteiger partial charge in [-0.15, -0.1) is 11.3 Å². The van der Waals surface area contributed by atoms with Gasteiger partial charge >= 0.3 is 0 Å². The summed E-state index contributed by atoms with van der Waals surface area (Å²) < 4.78 is 0. The predicted octanol–water partition coefficient (Wildman–Crippen LogP) is 3.27. The minimum atomic E-state index is 0.737. The Morgan fingerprint density at radius 1 is 1.31 bits per heavy atom. The van der Waals surface area contributed by atoms with Crippen LogP contribution in [0.5, 0.6) is 0 Å². The molecule has 1 heterocycles. The number of aromatic nitrogens is 1. The summed E-state index contributed by atoms with van der Waals surface area (Å²) >= 11 is 1.75. The van der Waals surface area contributed by atoms with Gasteiger partial charge in [-0.25, -0.2) is 4.98 Å². The van der Waals surface area contributed by atoms with E-state index >= 15 is 0 Å². The zero-order valence-corrected chi connectivity index (χ0v) is 11.7. The molecule has 0 fully saturated rings. The van der Waals surface area contributed by atoms with E-state index in [9.17, 15) is 0 Å². The average molecular weight is 240 g/mol. The van der Waals surface area contributed by atoms with Crippen LogP contribution in [0.4, 0.5) is 0 Å². The van der Waals surface area contributed by atoms with Gasteiger partial charge in [0.2, 0.25) is 0 Å². The molecule has 92 valence electrons. The van der Waals surface area contributed by atoms with Crippen LogP contribution in [0.1, 0.15) is 37.9 Å². The normalized spacial score (nSPS) is 13.3. The number of hydrogen-bond donors (Lipinski definition) is 1. The van der Waals surface area contributed by atoms with Gasteiger partial charge in [-0.2, -0.15) is 0 Å². The van der Waals surface area contributed by atoms with E-state index in [2.05, 4.69) is 43.4 Å². The molecule has 0 aliphatic heterocycles. The number of rotatable bonds is 7. The third-order valence-corrected chi connectivity index (χ3v) is 3.43. The van der Waals surface area contributed by atoms with Crippen LogP contribution in [0, 0.1) is 18.8 Å². The third-order valence-electron chi connectivity index (χ3n) is 2.61. The summed E-state index contributed by atoms with van der Waals surface area (Å²) in [5.74, 6) is 1.48.